The molecule has 1 aliphatic heterocycles. The van der Waals surface area contributed by atoms with Gasteiger partial charge < -0.3 is 4.89 Å². The van der Waals surface area contributed by atoms with Gasteiger partial charge in [-0.1, -0.05) is 13.8 Å². The lowest BCUT2D eigenvalue weighted by atomic mass is 10.0. The molecular formula is C7H15O4P. The van der Waals surface area contributed by atoms with Crippen molar-refractivity contribution in [1.82, 2.24) is 0 Å². The van der Waals surface area contributed by atoms with Crippen molar-refractivity contribution < 1.29 is 18.5 Å². The average molecular weight is 194 g/mol. The van der Waals surface area contributed by atoms with E-state index in [2.05, 4.69) is 4.52 Å². The van der Waals surface area contributed by atoms with Crippen LogP contribution in [-0.4, -0.2) is 17.6 Å². The standard InChI is InChI=1S/C7H15O4P/c1-6(2)7-4-3-5-10-12(8,9)11-7/h6-7H,3-5H2,1-2H3,(H,8,9). The zero-order chi connectivity index (χ0) is 9.19. The van der Waals surface area contributed by atoms with Crippen LogP contribution in [0.15, 0.2) is 0 Å². The Morgan fingerprint density at radius 1 is 1.58 bits per heavy atom. The van der Waals surface area contributed by atoms with Gasteiger partial charge in [0.15, 0.2) is 0 Å². The molecule has 0 aromatic heterocycles. The van der Waals surface area contributed by atoms with Crippen LogP contribution in [0.5, 0.6) is 0 Å². The topological polar surface area (TPSA) is 55.8 Å². The van der Waals surface area contributed by atoms with Gasteiger partial charge in [-0.3, -0.25) is 9.05 Å². The Morgan fingerprint density at radius 3 is 2.83 bits per heavy atom. The number of phosphoric acid groups is 1. The number of phosphoric ester groups is 1. The quantitative estimate of drug-likeness (QED) is 0.648. The molecule has 1 aliphatic rings. The van der Waals surface area contributed by atoms with Crippen molar-refractivity contribution in [3.05, 3.63) is 0 Å². The lowest BCUT2D eigenvalue weighted by molar-refractivity contribution is 0.100. The van der Waals surface area contributed by atoms with E-state index >= 15 is 0 Å². The van der Waals surface area contributed by atoms with E-state index in [1.165, 1.54) is 0 Å². The number of hydrogen-bond donors (Lipinski definition) is 1. The highest BCUT2D eigenvalue weighted by molar-refractivity contribution is 7.47. The van der Waals surface area contributed by atoms with Gasteiger partial charge in [-0.2, -0.15) is 0 Å². The third kappa shape index (κ3) is 2.87. The van der Waals surface area contributed by atoms with Gasteiger partial charge >= 0.3 is 7.82 Å². The predicted molar refractivity (Wildman–Crippen MR) is 44.7 cm³/mol. The zero-order valence-corrected chi connectivity index (χ0v) is 8.29. The van der Waals surface area contributed by atoms with E-state index in [0.717, 1.165) is 12.8 Å². The molecule has 5 heteroatoms. The van der Waals surface area contributed by atoms with Gasteiger partial charge in [0.25, 0.3) is 0 Å². The minimum atomic E-state index is -3.74. The summed E-state index contributed by atoms with van der Waals surface area (Å²) in [5.74, 6) is 0.257. The molecule has 1 fully saturated rings. The molecule has 1 heterocycles. The Hall–Kier alpha value is 0.110. The monoisotopic (exact) mass is 194 g/mol. The fourth-order valence-corrected chi connectivity index (χ4v) is 2.29. The van der Waals surface area contributed by atoms with Crippen molar-refractivity contribution in [3.8, 4) is 0 Å². The van der Waals surface area contributed by atoms with Crippen molar-refractivity contribution in [3.63, 3.8) is 0 Å². The van der Waals surface area contributed by atoms with Crippen LogP contribution in [0.3, 0.4) is 0 Å². The maximum atomic E-state index is 11.1. The van der Waals surface area contributed by atoms with Gasteiger partial charge in [0, 0.05) is 0 Å². The minimum absolute atomic E-state index is 0.150. The van der Waals surface area contributed by atoms with E-state index in [0.29, 0.717) is 6.61 Å². The highest BCUT2D eigenvalue weighted by Gasteiger charge is 2.30. The molecule has 0 aromatic rings. The van der Waals surface area contributed by atoms with Gasteiger partial charge in [-0.25, -0.2) is 4.57 Å². The van der Waals surface area contributed by atoms with Gasteiger partial charge in [-0.05, 0) is 18.8 Å². The Balaban J connectivity index is 2.60. The fraction of sp³-hybridized carbons (Fsp3) is 1.00. The largest absolute Gasteiger partial charge is 0.472 e. The number of hydrogen-bond acceptors (Lipinski definition) is 3. The van der Waals surface area contributed by atoms with Crippen LogP contribution in [-0.2, 0) is 13.6 Å². The maximum absolute atomic E-state index is 11.1. The first-order valence-electron chi connectivity index (χ1n) is 4.17. The lowest BCUT2D eigenvalue weighted by Gasteiger charge is -2.19. The van der Waals surface area contributed by atoms with Crippen LogP contribution in [0.25, 0.3) is 0 Å². The normalized spacial score (nSPS) is 38.2. The second kappa shape index (κ2) is 3.88. The molecule has 0 saturated carbocycles. The maximum Gasteiger partial charge on any atom is 0.472 e. The fourth-order valence-electron chi connectivity index (χ4n) is 1.17. The van der Waals surface area contributed by atoms with Crippen molar-refractivity contribution in [2.24, 2.45) is 5.92 Å². The molecule has 1 rings (SSSR count). The third-order valence-corrected chi connectivity index (χ3v) is 2.95. The highest BCUT2D eigenvalue weighted by Crippen LogP contribution is 2.48. The first-order valence-corrected chi connectivity index (χ1v) is 5.66. The van der Waals surface area contributed by atoms with Gasteiger partial charge in [-0.15, -0.1) is 0 Å². The second-order valence-electron chi connectivity index (χ2n) is 3.33. The minimum Gasteiger partial charge on any atom is -0.302 e. The van der Waals surface area contributed by atoms with Gasteiger partial charge in [0.2, 0.25) is 0 Å². The summed E-state index contributed by atoms with van der Waals surface area (Å²) >= 11 is 0. The summed E-state index contributed by atoms with van der Waals surface area (Å²) in [5.41, 5.74) is 0. The van der Waals surface area contributed by atoms with Gasteiger partial charge in [0.1, 0.15) is 0 Å². The van der Waals surface area contributed by atoms with E-state index in [9.17, 15) is 4.57 Å². The van der Waals surface area contributed by atoms with Crippen molar-refractivity contribution in [2.45, 2.75) is 32.8 Å². The molecule has 0 spiro atoms. The molecule has 1 N–H and O–H groups in total. The highest BCUT2D eigenvalue weighted by atomic mass is 31.2. The molecule has 4 nitrogen and oxygen atoms in total. The Kier molecular flexibility index (Phi) is 3.29. The third-order valence-electron chi connectivity index (χ3n) is 1.90. The summed E-state index contributed by atoms with van der Waals surface area (Å²) in [6, 6.07) is 0. The van der Waals surface area contributed by atoms with E-state index < -0.39 is 7.82 Å². The summed E-state index contributed by atoms with van der Waals surface area (Å²) < 4.78 is 20.7. The van der Waals surface area contributed by atoms with Crippen molar-refractivity contribution in [2.75, 3.05) is 6.61 Å². The van der Waals surface area contributed by atoms with Crippen molar-refractivity contribution in [1.29, 1.82) is 0 Å². The summed E-state index contributed by atoms with van der Waals surface area (Å²) in [5, 5.41) is 0. The predicted octanol–water partition coefficient (Wildman–Crippen LogP) is 1.94. The Bertz CT molecular complexity index is 192. The number of rotatable bonds is 1. The van der Waals surface area contributed by atoms with Crippen molar-refractivity contribution >= 4 is 7.82 Å². The van der Waals surface area contributed by atoms with Gasteiger partial charge in [0.05, 0.1) is 12.7 Å². The van der Waals surface area contributed by atoms with Crippen LogP contribution < -0.4 is 0 Å². The van der Waals surface area contributed by atoms with Crippen LogP contribution in [0.2, 0.25) is 0 Å². The molecule has 0 radical (unpaired) electrons. The van der Waals surface area contributed by atoms with Crippen LogP contribution >= 0.6 is 7.82 Å². The van der Waals surface area contributed by atoms with Crippen LogP contribution in [0.1, 0.15) is 26.7 Å². The molecule has 1 saturated heterocycles. The SMILES string of the molecule is CC(C)C1CCCOP(=O)(O)O1. The molecule has 0 amide bonds. The van der Waals surface area contributed by atoms with E-state index in [-0.39, 0.29) is 12.0 Å². The molecule has 72 valence electrons. The second-order valence-corrected chi connectivity index (χ2v) is 4.74. The van der Waals surface area contributed by atoms with E-state index in [4.69, 9.17) is 9.42 Å². The first kappa shape index (κ1) is 10.2. The molecule has 0 aromatic carbocycles. The van der Waals surface area contributed by atoms with Crippen LogP contribution in [0, 0.1) is 5.92 Å². The lowest BCUT2D eigenvalue weighted by Crippen LogP contribution is -2.16. The molecule has 2 unspecified atom stereocenters. The zero-order valence-electron chi connectivity index (χ0n) is 7.40. The average Bonchev–Trinajstić information content (AvgIpc) is 2.10. The molecule has 12 heavy (non-hydrogen) atoms. The Morgan fingerprint density at radius 2 is 2.25 bits per heavy atom. The van der Waals surface area contributed by atoms with E-state index in [1.54, 1.807) is 0 Å². The summed E-state index contributed by atoms with van der Waals surface area (Å²) in [4.78, 5) is 9.08. The summed E-state index contributed by atoms with van der Waals surface area (Å²) in [7, 11) is -3.74. The molecule has 0 bridgehead atoms. The molecule has 0 aliphatic carbocycles. The summed E-state index contributed by atoms with van der Waals surface area (Å²) in [6.45, 7) is 4.25. The molecule has 2 atom stereocenters. The van der Waals surface area contributed by atoms with E-state index in [1.807, 2.05) is 13.8 Å². The first-order chi connectivity index (χ1) is 5.51. The molecular weight excluding hydrogens is 179 g/mol. The summed E-state index contributed by atoms with van der Waals surface area (Å²) in [6.07, 6.45) is 1.43. The van der Waals surface area contributed by atoms with Crippen LogP contribution in [0.4, 0.5) is 0 Å². The Labute approximate surface area is 72.5 Å². The smallest absolute Gasteiger partial charge is 0.302 e.